The normalized spacial score (nSPS) is 11.0. The van der Waals surface area contributed by atoms with E-state index in [1.54, 1.807) is 0 Å². The van der Waals surface area contributed by atoms with Crippen molar-refractivity contribution in [2.75, 3.05) is 5.32 Å². The predicted molar refractivity (Wildman–Crippen MR) is 92.7 cm³/mol. The van der Waals surface area contributed by atoms with Gasteiger partial charge in [-0.2, -0.15) is 9.61 Å². The van der Waals surface area contributed by atoms with Crippen LogP contribution in [0.15, 0.2) is 33.5 Å². The van der Waals surface area contributed by atoms with Crippen LogP contribution in [0.25, 0.3) is 4.96 Å². The van der Waals surface area contributed by atoms with E-state index in [-0.39, 0.29) is 5.56 Å². The Kier molecular flexibility index (Phi) is 4.26. The van der Waals surface area contributed by atoms with Crippen LogP contribution in [0.5, 0.6) is 0 Å². The van der Waals surface area contributed by atoms with E-state index in [4.69, 9.17) is 0 Å². The van der Waals surface area contributed by atoms with Crippen LogP contribution in [0, 0.1) is 6.92 Å². The summed E-state index contributed by atoms with van der Waals surface area (Å²) in [6, 6.07) is 7.62. The SMILES string of the molecule is CCc1nn2c(=O)cc(CNc3ccc(C)cc3Br)nc2s1. The lowest BCUT2D eigenvalue weighted by atomic mass is 10.2. The molecule has 5 nitrogen and oxygen atoms in total. The predicted octanol–water partition coefficient (Wildman–Crippen LogP) is 3.40. The van der Waals surface area contributed by atoms with Crippen molar-refractivity contribution in [1.29, 1.82) is 0 Å². The third kappa shape index (κ3) is 3.05. The van der Waals surface area contributed by atoms with Crippen molar-refractivity contribution in [1.82, 2.24) is 14.6 Å². The molecule has 0 saturated heterocycles. The summed E-state index contributed by atoms with van der Waals surface area (Å²) < 4.78 is 2.37. The van der Waals surface area contributed by atoms with Gasteiger partial charge in [-0.25, -0.2) is 4.98 Å². The molecule has 0 atom stereocenters. The lowest BCUT2D eigenvalue weighted by Gasteiger charge is -2.08. The molecule has 0 saturated carbocycles. The Morgan fingerprint density at radius 3 is 2.91 bits per heavy atom. The number of nitrogens with zero attached hydrogens (tertiary/aromatic N) is 3. The first-order valence-electron chi connectivity index (χ1n) is 6.95. The van der Waals surface area contributed by atoms with Crippen LogP contribution in [0.3, 0.4) is 0 Å². The van der Waals surface area contributed by atoms with Gasteiger partial charge in [0.15, 0.2) is 0 Å². The van der Waals surface area contributed by atoms with E-state index in [9.17, 15) is 4.79 Å². The first-order chi connectivity index (χ1) is 10.6. The average molecular weight is 379 g/mol. The van der Waals surface area contributed by atoms with Gasteiger partial charge in [0.2, 0.25) is 4.96 Å². The summed E-state index contributed by atoms with van der Waals surface area (Å²) in [6.07, 6.45) is 0.803. The molecular formula is C15H15BrN4OS. The van der Waals surface area contributed by atoms with Crippen LogP contribution in [-0.4, -0.2) is 14.6 Å². The number of nitrogens with one attached hydrogen (secondary N) is 1. The fourth-order valence-electron chi connectivity index (χ4n) is 2.08. The van der Waals surface area contributed by atoms with Gasteiger partial charge in [-0.3, -0.25) is 4.79 Å². The Balaban J connectivity index is 1.86. The van der Waals surface area contributed by atoms with Gasteiger partial charge in [-0.1, -0.05) is 24.3 Å². The van der Waals surface area contributed by atoms with E-state index in [1.165, 1.54) is 27.5 Å². The third-order valence-corrected chi connectivity index (χ3v) is 4.94. The fraction of sp³-hybridized carbons (Fsp3) is 0.267. The van der Waals surface area contributed by atoms with Crippen LogP contribution in [0.1, 0.15) is 23.2 Å². The standard InChI is InChI=1S/C15H15BrN4OS/c1-3-13-19-20-14(21)7-10(18-15(20)22-13)8-17-12-5-4-9(2)6-11(12)16/h4-7,17H,3,8H2,1-2H3. The van der Waals surface area contributed by atoms with Crippen molar-refractivity contribution < 1.29 is 0 Å². The number of fused-ring (bicyclic) bond motifs is 1. The second-order valence-electron chi connectivity index (χ2n) is 4.97. The molecule has 0 aliphatic rings. The molecule has 3 rings (SSSR count). The topological polar surface area (TPSA) is 59.3 Å². The molecule has 22 heavy (non-hydrogen) atoms. The fourth-order valence-corrected chi connectivity index (χ4v) is 3.57. The number of anilines is 1. The highest BCUT2D eigenvalue weighted by atomic mass is 79.9. The number of hydrogen-bond acceptors (Lipinski definition) is 5. The van der Waals surface area contributed by atoms with Gasteiger partial charge in [-0.15, -0.1) is 0 Å². The van der Waals surface area contributed by atoms with Crippen LogP contribution in [0.2, 0.25) is 0 Å². The zero-order chi connectivity index (χ0) is 15.7. The third-order valence-electron chi connectivity index (χ3n) is 3.23. The number of halogens is 1. The Hall–Kier alpha value is -1.73. The molecule has 3 aromatic rings. The molecule has 114 valence electrons. The molecule has 0 aliphatic carbocycles. The summed E-state index contributed by atoms with van der Waals surface area (Å²) in [5.74, 6) is 0. The minimum Gasteiger partial charge on any atom is -0.378 e. The number of rotatable bonds is 4. The van der Waals surface area contributed by atoms with Gasteiger partial charge in [0, 0.05) is 16.2 Å². The maximum atomic E-state index is 12.1. The molecule has 1 aromatic carbocycles. The van der Waals surface area contributed by atoms with Crippen molar-refractivity contribution in [3.63, 3.8) is 0 Å². The maximum Gasteiger partial charge on any atom is 0.275 e. The average Bonchev–Trinajstić information content (AvgIpc) is 2.90. The van der Waals surface area contributed by atoms with Crippen LogP contribution in [0.4, 0.5) is 5.69 Å². The van der Waals surface area contributed by atoms with Crippen molar-refractivity contribution in [3.05, 3.63) is 55.4 Å². The second-order valence-corrected chi connectivity index (χ2v) is 6.86. The Morgan fingerprint density at radius 1 is 1.36 bits per heavy atom. The van der Waals surface area contributed by atoms with E-state index in [0.717, 1.165) is 21.6 Å². The highest BCUT2D eigenvalue weighted by molar-refractivity contribution is 9.10. The van der Waals surface area contributed by atoms with E-state index in [2.05, 4.69) is 31.3 Å². The largest absolute Gasteiger partial charge is 0.378 e. The van der Waals surface area contributed by atoms with Crippen molar-refractivity contribution in [2.45, 2.75) is 26.8 Å². The van der Waals surface area contributed by atoms with E-state index in [0.29, 0.717) is 17.2 Å². The first kappa shape index (κ1) is 15.2. The minimum atomic E-state index is -0.138. The Bertz CT molecular complexity index is 887. The molecule has 0 unspecified atom stereocenters. The molecule has 0 radical (unpaired) electrons. The molecule has 2 heterocycles. The van der Waals surface area contributed by atoms with Gasteiger partial charge >= 0.3 is 0 Å². The number of aryl methyl sites for hydroxylation is 2. The lowest BCUT2D eigenvalue weighted by molar-refractivity contribution is 0.846. The van der Waals surface area contributed by atoms with Gasteiger partial charge in [0.1, 0.15) is 5.01 Å². The van der Waals surface area contributed by atoms with E-state index < -0.39 is 0 Å². The summed E-state index contributed by atoms with van der Waals surface area (Å²) in [6.45, 7) is 4.55. The summed E-state index contributed by atoms with van der Waals surface area (Å²) in [5.41, 5.74) is 2.74. The van der Waals surface area contributed by atoms with E-state index in [1.807, 2.05) is 32.0 Å². The first-order valence-corrected chi connectivity index (χ1v) is 8.56. The van der Waals surface area contributed by atoms with Gasteiger partial charge < -0.3 is 5.32 Å². The molecule has 0 amide bonds. The minimum absolute atomic E-state index is 0.138. The number of hydrogen-bond donors (Lipinski definition) is 1. The highest BCUT2D eigenvalue weighted by Gasteiger charge is 2.08. The van der Waals surface area contributed by atoms with Crippen molar-refractivity contribution >= 4 is 37.9 Å². The molecular weight excluding hydrogens is 364 g/mol. The maximum absolute atomic E-state index is 12.1. The number of aromatic nitrogens is 3. The zero-order valence-electron chi connectivity index (χ0n) is 12.3. The van der Waals surface area contributed by atoms with Crippen molar-refractivity contribution in [3.8, 4) is 0 Å². The molecule has 1 N–H and O–H groups in total. The molecule has 0 spiro atoms. The second kappa shape index (κ2) is 6.18. The smallest absolute Gasteiger partial charge is 0.275 e. The zero-order valence-corrected chi connectivity index (χ0v) is 14.7. The molecule has 2 aromatic heterocycles. The Labute approximate surface area is 140 Å². The molecule has 7 heteroatoms. The van der Waals surface area contributed by atoms with Crippen LogP contribution in [-0.2, 0) is 13.0 Å². The Morgan fingerprint density at radius 2 is 2.18 bits per heavy atom. The monoisotopic (exact) mass is 378 g/mol. The summed E-state index contributed by atoms with van der Waals surface area (Å²) in [4.78, 5) is 17.2. The summed E-state index contributed by atoms with van der Waals surface area (Å²) in [7, 11) is 0. The van der Waals surface area contributed by atoms with Gasteiger partial charge in [0.25, 0.3) is 5.56 Å². The van der Waals surface area contributed by atoms with Gasteiger partial charge in [0.05, 0.1) is 12.2 Å². The van der Waals surface area contributed by atoms with Crippen LogP contribution < -0.4 is 10.9 Å². The summed E-state index contributed by atoms with van der Waals surface area (Å²) >= 11 is 4.99. The molecule has 0 aliphatic heterocycles. The highest BCUT2D eigenvalue weighted by Crippen LogP contribution is 2.23. The molecule has 0 fully saturated rings. The van der Waals surface area contributed by atoms with E-state index >= 15 is 0 Å². The lowest BCUT2D eigenvalue weighted by Crippen LogP contribution is -2.16. The number of benzene rings is 1. The van der Waals surface area contributed by atoms with Crippen LogP contribution >= 0.6 is 27.3 Å². The molecule has 0 bridgehead atoms. The summed E-state index contributed by atoms with van der Waals surface area (Å²) in [5, 5.41) is 8.46. The van der Waals surface area contributed by atoms with Gasteiger partial charge in [-0.05, 0) is 47.0 Å². The quantitative estimate of drug-likeness (QED) is 0.755. The van der Waals surface area contributed by atoms with Crippen molar-refractivity contribution in [2.24, 2.45) is 0 Å².